The molecule has 0 heterocycles. The molecule has 2 bridgehead atoms. The van der Waals surface area contributed by atoms with E-state index in [0.717, 1.165) is 23.7 Å². The lowest BCUT2D eigenvalue weighted by atomic mass is 10.0. The first kappa shape index (κ1) is 9.25. The number of carbonyl (C=O) groups is 1. The first-order valence-electron chi connectivity index (χ1n) is 5.82. The second kappa shape index (κ2) is 3.26. The molecule has 4 unspecified atom stereocenters. The molecule has 0 saturated heterocycles. The second-order valence-corrected chi connectivity index (χ2v) is 5.04. The lowest BCUT2D eigenvalue weighted by Crippen LogP contribution is -2.17. The van der Waals surface area contributed by atoms with Crippen molar-refractivity contribution in [2.45, 2.75) is 25.3 Å². The van der Waals surface area contributed by atoms with Crippen molar-refractivity contribution in [1.29, 1.82) is 0 Å². The number of hydrogen-bond acceptors (Lipinski definition) is 3. The molecular formula is C12H17NO2. The molecule has 4 atom stereocenters. The van der Waals surface area contributed by atoms with Crippen molar-refractivity contribution in [3.63, 3.8) is 0 Å². The number of rotatable bonds is 3. The van der Waals surface area contributed by atoms with Crippen LogP contribution in [0.2, 0.25) is 0 Å². The number of nitrogens with one attached hydrogen (secondary N) is 1. The summed E-state index contributed by atoms with van der Waals surface area (Å²) in [7, 11) is 1.40. The second-order valence-electron chi connectivity index (χ2n) is 5.04. The Hall–Kier alpha value is -0.990. The Morgan fingerprint density at radius 1 is 1.33 bits per heavy atom. The molecule has 0 spiro atoms. The molecular weight excluding hydrogens is 190 g/mol. The van der Waals surface area contributed by atoms with Crippen LogP contribution in [0.5, 0.6) is 0 Å². The summed E-state index contributed by atoms with van der Waals surface area (Å²) < 4.78 is 4.54. The van der Waals surface area contributed by atoms with Crippen LogP contribution in [-0.4, -0.2) is 19.1 Å². The third-order valence-corrected chi connectivity index (χ3v) is 4.44. The highest BCUT2D eigenvalue weighted by molar-refractivity contribution is 5.81. The zero-order valence-electron chi connectivity index (χ0n) is 8.98. The maximum absolute atomic E-state index is 10.9. The van der Waals surface area contributed by atoms with Gasteiger partial charge in [0.25, 0.3) is 0 Å². The minimum Gasteiger partial charge on any atom is -0.466 e. The molecule has 3 saturated carbocycles. The van der Waals surface area contributed by atoms with Gasteiger partial charge in [0, 0.05) is 18.3 Å². The SMILES string of the molecule is COC(=O)/C=C/NC1C2C3CCC(C3)C12. The molecule has 0 aliphatic heterocycles. The van der Waals surface area contributed by atoms with Gasteiger partial charge < -0.3 is 10.1 Å². The van der Waals surface area contributed by atoms with Gasteiger partial charge >= 0.3 is 5.97 Å². The van der Waals surface area contributed by atoms with E-state index in [4.69, 9.17) is 0 Å². The van der Waals surface area contributed by atoms with Crippen molar-refractivity contribution in [3.8, 4) is 0 Å². The van der Waals surface area contributed by atoms with E-state index in [-0.39, 0.29) is 5.97 Å². The van der Waals surface area contributed by atoms with E-state index in [1.165, 1.54) is 32.4 Å². The van der Waals surface area contributed by atoms with Gasteiger partial charge in [0.15, 0.2) is 0 Å². The van der Waals surface area contributed by atoms with Gasteiger partial charge in [-0.2, -0.15) is 0 Å². The lowest BCUT2D eigenvalue weighted by Gasteiger charge is -2.07. The van der Waals surface area contributed by atoms with Crippen LogP contribution in [0.25, 0.3) is 0 Å². The van der Waals surface area contributed by atoms with Crippen LogP contribution in [0.3, 0.4) is 0 Å². The molecule has 82 valence electrons. The van der Waals surface area contributed by atoms with Crippen molar-refractivity contribution in [2.75, 3.05) is 7.11 Å². The monoisotopic (exact) mass is 207 g/mol. The summed E-state index contributed by atoms with van der Waals surface area (Å²) in [4.78, 5) is 10.9. The maximum Gasteiger partial charge on any atom is 0.331 e. The number of esters is 1. The molecule has 0 aromatic carbocycles. The van der Waals surface area contributed by atoms with E-state index in [1.54, 1.807) is 6.20 Å². The largest absolute Gasteiger partial charge is 0.466 e. The van der Waals surface area contributed by atoms with Crippen molar-refractivity contribution in [3.05, 3.63) is 12.3 Å². The topological polar surface area (TPSA) is 38.3 Å². The third kappa shape index (κ3) is 1.36. The van der Waals surface area contributed by atoms with E-state index >= 15 is 0 Å². The molecule has 15 heavy (non-hydrogen) atoms. The first-order valence-corrected chi connectivity index (χ1v) is 5.82. The Kier molecular flexibility index (Phi) is 2.01. The minimum absolute atomic E-state index is 0.281. The average Bonchev–Trinajstić information content (AvgIpc) is 2.67. The number of hydrogen-bond donors (Lipinski definition) is 1. The normalized spacial score (nSPS) is 45.5. The highest BCUT2D eigenvalue weighted by Crippen LogP contribution is 2.65. The summed E-state index contributed by atoms with van der Waals surface area (Å²) in [6.07, 6.45) is 7.56. The van der Waals surface area contributed by atoms with Crippen LogP contribution in [-0.2, 0) is 9.53 Å². The molecule has 3 fully saturated rings. The Morgan fingerprint density at radius 3 is 2.60 bits per heavy atom. The molecule has 3 heteroatoms. The lowest BCUT2D eigenvalue weighted by molar-refractivity contribution is -0.134. The van der Waals surface area contributed by atoms with Gasteiger partial charge in [-0.25, -0.2) is 4.79 Å². The Morgan fingerprint density at radius 2 is 2.00 bits per heavy atom. The highest BCUT2D eigenvalue weighted by atomic mass is 16.5. The highest BCUT2D eigenvalue weighted by Gasteiger charge is 2.64. The van der Waals surface area contributed by atoms with E-state index in [2.05, 4.69) is 10.1 Å². The summed E-state index contributed by atoms with van der Waals surface area (Å²) in [6.45, 7) is 0. The van der Waals surface area contributed by atoms with Crippen LogP contribution in [0.1, 0.15) is 19.3 Å². The van der Waals surface area contributed by atoms with E-state index in [9.17, 15) is 4.79 Å². The molecule has 0 amide bonds. The Labute approximate surface area is 89.9 Å². The third-order valence-electron chi connectivity index (χ3n) is 4.44. The molecule has 0 aromatic heterocycles. The number of methoxy groups -OCH3 is 1. The van der Waals surface area contributed by atoms with Gasteiger partial charge in [-0.1, -0.05) is 0 Å². The van der Waals surface area contributed by atoms with Gasteiger partial charge in [0.2, 0.25) is 0 Å². The van der Waals surface area contributed by atoms with Crippen molar-refractivity contribution in [1.82, 2.24) is 5.32 Å². The fourth-order valence-corrected chi connectivity index (χ4v) is 3.84. The van der Waals surface area contributed by atoms with Gasteiger partial charge in [-0.05, 0) is 42.9 Å². The van der Waals surface area contributed by atoms with Crippen molar-refractivity contribution < 1.29 is 9.53 Å². The Bertz CT molecular complexity index is 297. The first-order chi connectivity index (χ1) is 7.31. The van der Waals surface area contributed by atoms with Gasteiger partial charge in [0.1, 0.15) is 0 Å². The predicted molar refractivity (Wildman–Crippen MR) is 55.9 cm³/mol. The zero-order chi connectivity index (χ0) is 10.4. The average molecular weight is 207 g/mol. The molecule has 3 aliphatic carbocycles. The molecule has 0 radical (unpaired) electrons. The predicted octanol–water partition coefficient (Wildman–Crippen LogP) is 1.31. The van der Waals surface area contributed by atoms with Crippen LogP contribution in [0, 0.1) is 23.7 Å². The van der Waals surface area contributed by atoms with E-state index < -0.39 is 0 Å². The Balaban J connectivity index is 1.52. The zero-order valence-corrected chi connectivity index (χ0v) is 8.98. The molecule has 3 rings (SSSR count). The summed E-state index contributed by atoms with van der Waals surface area (Å²) in [6, 6.07) is 0.650. The summed E-state index contributed by atoms with van der Waals surface area (Å²) >= 11 is 0. The molecule has 3 aliphatic rings. The fourth-order valence-electron chi connectivity index (χ4n) is 3.84. The van der Waals surface area contributed by atoms with Crippen LogP contribution in [0.4, 0.5) is 0 Å². The summed E-state index contributed by atoms with van der Waals surface area (Å²) in [5, 5.41) is 3.34. The maximum atomic E-state index is 10.9. The molecule has 0 aromatic rings. The summed E-state index contributed by atoms with van der Waals surface area (Å²) in [5.74, 6) is 3.49. The number of fused-ring (bicyclic) bond motifs is 5. The van der Waals surface area contributed by atoms with Crippen molar-refractivity contribution in [2.24, 2.45) is 23.7 Å². The smallest absolute Gasteiger partial charge is 0.331 e. The molecule has 1 N–H and O–H groups in total. The van der Waals surface area contributed by atoms with Gasteiger partial charge in [-0.15, -0.1) is 0 Å². The van der Waals surface area contributed by atoms with Gasteiger partial charge in [0.05, 0.1) is 7.11 Å². The standard InChI is InChI=1S/C12H17NO2/c1-15-9(14)4-5-13-12-10-7-2-3-8(6-7)11(10)12/h4-5,7-8,10-13H,2-3,6H2,1H3/b5-4+. The van der Waals surface area contributed by atoms with E-state index in [1.807, 2.05) is 0 Å². The van der Waals surface area contributed by atoms with Crippen molar-refractivity contribution >= 4 is 5.97 Å². The van der Waals surface area contributed by atoms with Gasteiger partial charge in [-0.3, -0.25) is 0 Å². The van der Waals surface area contributed by atoms with Crippen LogP contribution < -0.4 is 5.32 Å². The fraction of sp³-hybridized carbons (Fsp3) is 0.750. The quantitative estimate of drug-likeness (QED) is 0.560. The number of carbonyl (C=O) groups excluding carboxylic acids is 1. The van der Waals surface area contributed by atoms with Crippen LogP contribution >= 0.6 is 0 Å². The summed E-state index contributed by atoms with van der Waals surface area (Å²) in [5.41, 5.74) is 0. The molecule has 3 nitrogen and oxygen atoms in total. The minimum atomic E-state index is -0.281. The van der Waals surface area contributed by atoms with Crippen LogP contribution in [0.15, 0.2) is 12.3 Å². The number of ether oxygens (including phenoxy) is 1. The van der Waals surface area contributed by atoms with E-state index in [0.29, 0.717) is 6.04 Å².